The molecule has 9 nitrogen and oxygen atoms in total. The Hall–Kier alpha value is -4.63. The minimum atomic E-state index is -0.500. The first-order valence-corrected chi connectivity index (χ1v) is 15.1. The average molecular weight is 600 g/mol. The second-order valence-corrected chi connectivity index (χ2v) is 10.9. The molecule has 0 spiro atoms. The lowest BCUT2D eigenvalue weighted by Crippen LogP contribution is -2.39. The number of hydrogen-bond donors (Lipinski definition) is 4. The number of esters is 1. The van der Waals surface area contributed by atoms with Gasteiger partial charge in [-0.3, -0.25) is 14.4 Å². The van der Waals surface area contributed by atoms with E-state index in [1.165, 1.54) is 0 Å². The maximum absolute atomic E-state index is 13.6. The fourth-order valence-corrected chi connectivity index (χ4v) is 4.98. The van der Waals surface area contributed by atoms with E-state index in [0.717, 1.165) is 27.6 Å². The molecule has 0 saturated heterocycles. The highest BCUT2D eigenvalue weighted by Gasteiger charge is 2.20. The minimum Gasteiger partial charge on any atom is -0.490 e. The van der Waals surface area contributed by atoms with Gasteiger partial charge in [0.1, 0.15) is 5.75 Å². The van der Waals surface area contributed by atoms with Gasteiger partial charge in [-0.2, -0.15) is 0 Å². The molecule has 44 heavy (non-hydrogen) atoms. The molecular formula is C35H41N3O6. The number of H-pyrrole nitrogens is 1. The van der Waals surface area contributed by atoms with Crippen molar-refractivity contribution in [3.63, 3.8) is 0 Å². The fourth-order valence-electron chi connectivity index (χ4n) is 4.98. The summed E-state index contributed by atoms with van der Waals surface area (Å²) >= 11 is 0. The molecule has 0 aliphatic heterocycles. The highest BCUT2D eigenvalue weighted by Crippen LogP contribution is 2.28. The van der Waals surface area contributed by atoms with Gasteiger partial charge in [-0.25, -0.2) is 0 Å². The molecule has 232 valence electrons. The number of para-hydroxylation sites is 1. The molecule has 0 aliphatic rings. The third-order valence-electron chi connectivity index (χ3n) is 7.16. The molecule has 1 atom stereocenters. The van der Waals surface area contributed by atoms with Crippen LogP contribution in [-0.2, 0) is 16.0 Å². The number of aliphatic hydroxyl groups is 1. The molecule has 0 fully saturated rings. The highest BCUT2D eigenvalue weighted by molar-refractivity contribution is 5.99. The zero-order chi connectivity index (χ0) is 31.5. The molecule has 4 rings (SSSR count). The summed E-state index contributed by atoms with van der Waals surface area (Å²) in [6.07, 6.45) is 3.88. The van der Waals surface area contributed by atoms with Gasteiger partial charge >= 0.3 is 5.97 Å². The largest absolute Gasteiger partial charge is 0.490 e. The van der Waals surface area contributed by atoms with Crippen LogP contribution in [0.15, 0.2) is 72.9 Å². The van der Waals surface area contributed by atoms with Gasteiger partial charge in [0.15, 0.2) is 0 Å². The van der Waals surface area contributed by atoms with E-state index in [1.54, 1.807) is 31.2 Å². The monoisotopic (exact) mass is 599 g/mol. The number of aromatic amines is 1. The number of aromatic nitrogens is 1. The molecule has 0 unspecified atom stereocenters. The number of ether oxygens (including phenoxy) is 2. The number of fused-ring (bicyclic) bond motifs is 1. The number of hydrogen-bond acceptors (Lipinski definition) is 6. The molecular weight excluding hydrogens is 558 g/mol. The van der Waals surface area contributed by atoms with Crippen molar-refractivity contribution in [3.8, 4) is 16.9 Å². The van der Waals surface area contributed by atoms with Gasteiger partial charge in [0, 0.05) is 35.6 Å². The van der Waals surface area contributed by atoms with E-state index in [2.05, 4.69) is 15.6 Å². The second kappa shape index (κ2) is 15.7. The maximum atomic E-state index is 13.6. The lowest BCUT2D eigenvalue weighted by atomic mass is 10.00. The maximum Gasteiger partial charge on any atom is 0.305 e. The van der Waals surface area contributed by atoms with Gasteiger partial charge in [0.2, 0.25) is 0 Å². The molecule has 1 aromatic heterocycles. The van der Waals surface area contributed by atoms with E-state index in [-0.39, 0.29) is 30.5 Å². The van der Waals surface area contributed by atoms with Crippen LogP contribution in [0.2, 0.25) is 0 Å². The summed E-state index contributed by atoms with van der Waals surface area (Å²) in [5, 5.41) is 17.0. The van der Waals surface area contributed by atoms with E-state index in [4.69, 9.17) is 9.47 Å². The van der Waals surface area contributed by atoms with Crippen molar-refractivity contribution in [1.29, 1.82) is 0 Å². The van der Waals surface area contributed by atoms with Gasteiger partial charge in [-0.1, -0.05) is 36.4 Å². The molecule has 0 radical (unpaired) electrons. The Morgan fingerprint density at radius 3 is 2.41 bits per heavy atom. The first-order valence-electron chi connectivity index (χ1n) is 15.1. The van der Waals surface area contributed by atoms with Crippen molar-refractivity contribution in [3.05, 3.63) is 89.6 Å². The molecule has 0 aliphatic carbocycles. The van der Waals surface area contributed by atoms with Crippen LogP contribution in [-0.4, -0.2) is 59.8 Å². The highest BCUT2D eigenvalue weighted by atomic mass is 16.5. The fraction of sp³-hybridized carbons (Fsp3) is 0.343. The van der Waals surface area contributed by atoms with Crippen LogP contribution >= 0.6 is 0 Å². The first kappa shape index (κ1) is 32.3. The second-order valence-electron chi connectivity index (χ2n) is 10.9. The normalized spacial score (nSPS) is 11.8. The first-order chi connectivity index (χ1) is 21.3. The van der Waals surface area contributed by atoms with E-state index in [9.17, 15) is 19.5 Å². The van der Waals surface area contributed by atoms with Crippen molar-refractivity contribution in [2.24, 2.45) is 0 Å². The van der Waals surface area contributed by atoms with E-state index >= 15 is 0 Å². The van der Waals surface area contributed by atoms with Crippen LogP contribution < -0.4 is 15.4 Å². The summed E-state index contributed by atoms with van der Waals surface area (Å²) in [7, 11) is 0. The summed E-state index contributed by atoms with van der Waals surface area (Å²) in [6, 6.07) is 20.0. The summed E-state index contributed by atoms with van der Waals surface area (Å²) in [4.78, 5) is 40.8. The molecule has 2 amide bonds. The van der Waals surface area contributed by atoms with Crippen LogP contribution in [0.1, 0.15) is 66.3 Å². The van der Waals surface area contributed by atoms with Crippen molar-refractivity contribution in [1.82, 2.24) is 15.6 Å². The zero-order valence-corrected chi connectivity index (χ0v) is 25.5. The predicted octanol–water partition coefficient (Wildman–Crippen LogP) is 5.42. The van der Waals surface area contributed by atoms with Gasteiger partial charge in [-0.15, -0.1) is 0 Å². The van der Waals surface area contributed by atoms with Crippen molar-refractivity contribution in [2.75, 3.05) is 19.8 Å². The number of rotatable bonds is 15. The average Bonchev–Trinajstić information content (AvgIpc) is 3.43. The Morgan fingerprint density at radius 2 is 1.68 bits per heavy atom. The minimum absolute atomic E-state index is 0.143. The van der Waals surface area contributed by atoms with E-state index in [0.29, 0.717) is 55.7 Å². The topological polar surface area (TPSA) is 130 Å². The van der Waals surface area contributed by atoms with Crippen LogP contribution in [0.4, 0.5) is 0 Å². The van der Waals surface area contributed by atoms with Gasteiger partial charge in [-0.05, 0) is 87.1 Å². The third-order valence-corrected chi connectivity index (χ3v) is 7.16. The van der Waals surface area contributed by atoms with Crippen molar-refractivity contribution in [2.45, 2.75) is 58.6 Å². The van der Waals surface area contributed by atoms with Crippen LogP contribution in [0.3, 0.4) is 0 Å². The molecule has 1 heterocycles. The lowest BCUT2D eigenvalue weighted by molar-refractivity contribution is -0.143. The molecule has 0 bridgehead atoms. The molecule has 3 aromatic carbocycles. The standard InChI is InChI=1S/C35H41N3O6/c1-4-43-33(40)11-7-8-18-36-34(41)25-14-12-24(13-15-25)26-16-17-32(44-23(2)3)30(20-26)35(42)38-28(22-39)19-27-21-37-31-10-6-5-9-29(27)31/h5-6,9-10,12-17,20-21,23,28,37,39H,4,7-8,11,18-19,22H2,1-3H3,(H,36,41)(H,38,42)/t28-/m1/s1. The Kier molecular flexibility index (Phi) is 11.5. The number of carbonyl (C=O) groups excluding carboxylic acids is 3. The van der Waals surface area contributed by atoms with Gasteiger partial charge < -0.3 is 30.2 Å². The van der Waals surface area contributed by atoms with Crippen LogP contribution in [0.25, 0.3) is 22.0 Å². The molecule has 0 saturated carbocycles. The smallest absolute Gasteiger partial charge is 0.305 e. The lowest BCUT2D eigenvalue weighted by Gasteiger charge is -2.19. The summed E-state index contributed by atoms with van der Waals surface area (Å²) in [5.41, 5.74) is 4.50. The van der Waals surface area contributed by atoms with Gasteiger partial charge in [0.25, 0.3) is 11.8 Å². The van der Waals surface area contributed by atoms with E-state index < -0.39 is 6.04 Å². The van der Waals surface area contributed by atoms with Gasteiger partial charge in [0.05, 0.1) is 30.9 Å². The van der Waals surface area contributed by atoms with Crippen molar-refractivity contribution < 1.29 is 29.0 Å². The third kappa shape index (κ3) is 8.70. The number of nitrogens with one attached hydrogen (secondary N) is 3. The number of benzene rings is 3. The van der Waals surface area contributed by atoms with Crippen molar-refractivity contribution >= 4 is 28.7 Å². The number of unbranched alkanes of at least 4 members (excludes halogenated alkanes) is 1. The zero-order valence-electron chi connectivity index (χ0n) is 25.5. The summed E-state index contributed by atoms with van der Waals surface area (Å²) < 4.78 is 10.9. The quantitative estimate of drug-likeness (QED) is 0.107. The number of amides is 2. The number of carbonyl (C=O) groups is 3. The predicted molar refractivity (Wildman–Crippen MR) is 171 cm³/mol. The Morgan fingerprint density at radius 1 is 0.932 bits per heavy atom. The van der Waals surface area contributed by atoms with Crippen LogP contribution in [0.5, 0.6) is 5.75 Å². The summed E-state index contributed by atoms with van der Waals surface area (Å²) in [5.74, 6) is -0.319. The Bertz CT molecular complexity index is 1560. The summed E-state index contributed by atoms with van der Waals surface area (Å²) in [6.45, 7) is 6.18. The SMILES string of the molecule is CCOC(=O)CCCCNC(=O)c1ccc(-c2ccc(OC(C)C)c(C(=O)N[C@@H](CO)Cc3c[nH]c4ccccc34)c2)cc1. The Balaban J connectivity index is 1.43. The molecule has 4 N–H and O–H groups in total. The number of aliphatic hydroxyl groups excluding tert-OH is 1. The Labute approximate surface area is 258 Å². The molecule has 4 aromatic rings. The molecule has 9 heteroatoms. The van der Waals surface area contributed by atoms with Crippen LogP contribution in [0, 0.1) is 0 Å². The van der Waals surface area contributed by atoms with E-state index in [1.807, 2.05) is 62.5 Å².